The van der Waals surface area contributed by atoms with Crippen LogP contribution in [-0.4, -0.2) is 23.6 Å². The van der Waals surface area contributed by atoms with Gasteiger partial charge in [0.05, 0.1) is 0 Å². The normalized spacial score (nSPS) is 9.95. The third-order valence-corrected chi connectivity index (χ3v) is 2.72. The van der Waals surface area contributed by atoms with Crippen LogP contribution < -0.4 is 10.8 Å². The van der Waals surface area contributed by atoms with Crippen LogP contribution in [0.5, 0.6) is 0 Å². The van der Waals surface area contributed by atoms with Gasteiger partial charge in [0.2, 0.25) is 5.91 Å². The SMILES string of the molecule is O=C(CCCCCCNC(=O)c1cc[c]cc1)NO. The molecule has 2 amide bonds. The van der Waals surface area contributed by atoms with Crippen LogP contribution in [0.25, 0.3) is 0 Å². The van der Waals surface area contributed by atoms with Crippen LogP contribution in [0.1, 0.15) is 42.5 Å². The number of benzene rings is 1. The van der Waals surface area contributed by atoms with E-state index in [0.29, 0.717) is 18.5 Å². The fourth-order valence-corrected chi connectivity index (χ4v) is 1.66. The number of amides is 2. The molecule has 0 atom stereocenters. The second-order valence-electron chi connectivity index (χ2n) is 4.24. The van der Waals surface area contributed by atoms with Crippen LogP contribution in [0.15, 0.2) is 24.3 Å². The molecule has 0 aliphatic rings. The average Bonchev–Trinajstić information content (AvgIpc) is 2.46. The molecule has 0 aliphatic heterocycles. The molecular weight excluding hydrogens is 244 g/mol. The van der Waals surface area contributed by atoms with Crippen LogP contribution in [-0.2, 0) is 4.79 Å². The Hall–Kier alpha value is -1.88. The van der Waals surface area contributed by atoms with Gasteiger partial charge in [-0.25, -0.2) is 5.48 Å². The number of hydroxylamine groups is 1. The molecule has 5 nitrogen and oxygen atoms in total. The summed E-state index contributed by atoms with van der Waals surface area (Å²) in [6.07, 6.45) is 3.81. The van der Waals surface area contributed by atoms with Gasteiger partial charge in [0.25, 0.3) is 5.91 Å². The highest BCUT2D eigenvalue weighted by atomic mass is 16.5. The Morgan fingerprint density at radius 3 is 2.47 bits per heavy atom. The second-order valence-corrected chi connectivity index (χ2v) is 4.24. The summed E-state index contributed by atoms with van der Waals surface area (Å²) in [4.78, 5) is 22.4. The van der Waals surface area contributed by atoms with Gasteiger partial charge in [-0.3, -0.25) is 14.8 Å². The first-order valence-corrected chi connectivity index (χ1v) is 6.41. The number of unbranched alkanes of at least 4 members (excludes halogenated alkanes) is 3. The fourth-order valence-electron chi connectivity index (χ4n) is 1.66. The molecule has 19 heavy (non-hydrogen) atoms. The zero-order chi connectivity index (χ0) is 13.9. The maximum Gasteiger partial charge on any atom is 0.251 e. The molecule has 0 spiro atoms. The predicted molar refractivity (Wildman–Crippen MR) is 70.6 cm³/mol. The number of rotatable bonds is 8. The number of nitrogens with one attached hydrogen (secondary N) is 2. The van der Waals surface area contributed by atoms with E-state index in [9.17, 15) is 9.59 Å². The molecule has 0 unspecified atom stereocenters. The molecule has 1 aromatic rings. The Balaban J connectivity index is 2.02. The van der Waals surface area contributed by atoms with Crippen LogP contribution >= 0.6 is 0 Å². The van der Waals surface area contributed by atoms with Gasteiger partial charge in [0, 0.05) is 18.5 Å². The van der Waals surface area contributed by atoms with Crippen LogP contribution in [0.4, 0.5) is 0 Å². The summed E-state index contributed by atoms with van der Waals surface area (Å²) in [6, 6.07) is 9.73. The van der Waals surface area contributed by atoms with Crippen molar-refractivity contribution in [3.05, 3.63) is 35.9 Å². The van der Waals surface area contributed by atoms with E-state index in [1.54, 1.807) is 29.7 Å². The highest BCUT2D eigenvalue weighted by Crippen LogP contribution is 2.03. The number of hydrogen-bond donors (Lipinski definition) is 3. The minimum atomic E-state index is -0.353. The van der Waals surface area contributed by atoms with Crippen LogP contribution in [0.2, 0.25) is 0 Å². The summed E-state index contributed by atoms with van der Waals surface area (Å²) in [7, 11) is 0. The van der Waals surface area contributed by atoms with E-state index < -0.39 is 0 Å². The van der Waals surface area contributed by atoms with Crippen molar-refractivity contribution in [2.45, 2.75) is 32.1 Å². The van der Waals surface area contributed by atoms with Gasteiger partial charge < -0.3 is 5.32 Å². The Bertz CT molecular complexity index is 393. The lowest BCUT2D eigenvalue weighted by Crippen LogP contribution is -2.24. The first-order chi connectivity index (χ1) is 9.24. The van der Waals surface area contributed by atoms with Gasteiger partial charge >= 0.3 is 0 Å². The van der Waals surface area contributed by atoms with Crippen molar-refractivity contribution in [2.24, 2.45) is 0 Å². The first kappa shape index (κ1) is 15.2. The van der Waals surface area contributed by atoms with E-state index in [1.165, 1.54) is 0 Å². The molecular formula is C14H19N2O3. The Morgan fingerprint density at radius 1 is 1.11 bits per heavy atom. The quantitative estimate of drug-likeness (QED) is 0.379. The Kier molecular flexibility index (Phi) is 7.27. The van der Waals surface area contributed by atoms with Crippen molar-refractivity contribution in [1.82, 2.24) is 10.8 Å². The number of carbonyl (C=O) groups excluding carboxylic acids is 2. The molecule has 1 rings (SSSR count). The fraction of sp³-hybridized carbons (Fsp3) is 0.429. The largest absolute Gasteiger partial charge is 0.352 e. The second kappa shape index (κ2) is 9.10. The monoisotopic (exact) mass is 263 g/mol. The molecule has 3 N–H and O–H groups in total. The van der Waals surface area contributed by atoms with E-state index in [-0.39, 0.29) is 11.8 Å². The lowest BCUT2D eigenvalue weighted by Gasteiger charge is -2.05. The standard InChI is InChI=1S/C14H19N2O3/c17-13(16-19)10-6-1-2-7-11-15-14(18)12-8-4-3-5-9-12/h4-5,8-9,19H,1-2,6-7,10-11H2,(H,15,18)(H,16,17). The Morgan fingerprint density at radius 2 is 1.79 bits per heavy atom. The molecule has 0 saturated carbocycles. The Labute approximate surface area is 113 Å². The van der Waals surface area contributed by atoms with Crippen molar-refractivity contribution < 1.29 is 14.8 Å². The molecule has 0 bridgehead atoms. The van der Waals surface area contributed by atoms with Crippen molar-refractivity contribution >= 4 is 11.8 Å². The van der Waals surface area contributed by atoms with Crippen molar-refractivity contribution in [2.75, 3.05) is 6.54 Å². The highest BCUT2D eigenvalue weighted by Gasteiger charge is 2.03. The molecule has 5 heteroatoms. The van der Waals surface area contributed by atoms with Crippen molar-refractivity contribution in [3.8, 4) is 0 Å². The molecule has 0 aliphatic carbocycles. The molecule has 0 aromatic heterocycles. The summed E-state index contributed by atoms with van der Waals surface area (Å²) in [5.41, 5.74) is 2.24. The van der Waals surface area contributed by atoms with Gasteiger partial charge in [-0.05, 0) is 31.0 Å². The topological polar surface area (TPSA) is 78.4 Å². The zero-order valence-electron chi connectivity index (χ0n) is 10.8. The van der Waals surface area contributed by atoms with E-state index in [0.717, 1.165) is 25.7 Å². The molecule has 0 heterocycles. The minimum absolute atomic E-state index is 0.0753. The van der Waals surface area contributed by atoms with Crippen molar-refractivity contribution in [3.63, 3.8) is 0 Å². The summed E-state index contributed by atoms with van der Waals surface area (Å²) in [5, 5.41) is 11.1. The van der Waals surface area contributed by atoms with Gasteiger partial charge in [-0.15, -0.1) is 0 Å². The zero-order valence-corrected chi connectivity index (χ0v) is 10.8. The van der Waals surface area contributed by atoms with E-state index >= 15 is 0 Å². The molecule has 1 aromatic carbocycles. The van der Waals surface area contributed by atoms with Crippen LogP contribution in [0.3, 0.4) is 0 Å². The minimum Gasteiger partial charge on any atom is -0.352 e. The summed E-state index contributed by atoms with van der Waals surface area (Å²) < 4.78 is 0. The number of carbonyl (C=O) groups is 2. The third kappa shape index (κ3) is 6.57. The lowest BCUT2D eigenvalue weighted by molar-refractivity contribution is -0.129. The summed E-state index contributed by atoms with van der Waals surface area (Å²) in [5.74, 6) is -0.428. The van der Waals surface area contributed by atoms with Gasteiger partial charge in [-0.1, -0.05) is 25.0 Å². The average molecular weight is 263 g/mol. The van der Waals surface area contributed by atoms with Gasteiger partial charge in [0.1, 0.15) is 0 Å². The van der Waals surface area contributed by atoms with Gasteiger partial charge in [-0.2, -0.15) is 0 Å². The maximum atomic E-state index is 11.7. The number of hydrogen-bond acceptors (Lipinski definition) is 3. The molecule has 1 radical (unpaired) electrons. The summed E-state index contributed by atoms with van der Waals surface area (Å²) >= 11 is 0. The molecule has 0 saturated heterocycles. The van der Waals surface area contributed by atoms with Gasteiger partial charge in [0.15, 0.2) is 0 Å². The van der Waals surface area contributed by atoms with E-state index in [2.05, 4.69) is 11.4 Å². The van der Waals surface area contributed by atoms with E-state index in [4.69, 9.17) is 5.21 Å². The van der Waals surface area contributed by atoms with Crippen LogP contribution in [0, 0.1) is 6.07 Å². The van der Waals surface area contributed by atoms with Crippen molar-refractivity contribution in [1.29, 1.82) is 0 Å². The first-order valence-electron chi connectivity index (χ1n) is 6.41. The maximum absolute atomic E-state index is 11.7. The summed E-state index contributed by atoms with van der Waals surface area (Å²) in [6.45, 7) is 0.629. The highest BCUT2D eigenvalue weighted by molar-refractivity contribution is 5.94. The molecule has 103 valence electrons. The third-order valence-electron chi connectivity index (χ3n) is 2.72. The smallest absolute Gasteiger partial charge is 0.251 e. The predicted octanol–water partition coefficient (Wildman–Crippen LogP) is 1.67. The van der Waals surface area contributed by atoms with E-state index in [1.807, 2.05) is 0 Å². The molecule has 0 fully saturated rings. The lowest BCUT2D eigenvalue weighted by atomic mass is 10.1.